The number of amides is 1. The number of hydrogen-bond donors (Lipinski definition) is 1. The van der Waals surface area contributed by atoms with Crippen LogP contribution in [-0.4, -0.2) is 45.7 Å². The van der Waals surface area contributed by atoms with Crippen LogP contribution >= 0.6 is 0 Å². The summed E-state index contributed by atoms with van der Waals surface area (Å²) in [4.78, 5) is 22.5. The molecule has 116 valence electrons. The van der Waals surface area contributed by atoms with Crippen molar-refractivity contribution < 1.29 is 9.53 Å². The van der Waals surface area contributed by atoms with Crippen LogP contribution in [0.25, 0.3) is 0 Å². The summed E-state index contributed by atoms with van der Waals surface area (Å²) in [6.07, 6.45) is 5.75. The van der Waals surface area contributed by atoms with E-state index in [-0.39, 0.29) is 18.2 Å². The minimum atomic E-state index is -0.463. The summed E-state index contributed by atoms with van der Waals surface area (Å²) in [7, 11) is 0. The van der Waals surface area contributed by atoms with Crippen LogP contribution in [0.1, 0.15) is 45.9 Å². The van der Waals surface area contributed by atoms with Crippen molar-refractivity contribution in [2.45, 2.75) is 51.8 Å². The summed E-state index contributed by atoms with van der Waals surface area (Å²) in [5.74, 6) is 0. The summed E-state index contributed by atoms with van der Waals surface area (Å²) in [5.41, 5.74) is 0.491. The highest BCUT2D eigenvalue weighted by Crippen LogP contribution is 2.22. The average molecular weight is 292 g/mol. The first-order valence-corrected chi connectivity index (χ1v) is 7.34. The molecule has 1 saturated heterocycles. The normalized spacial score (nSPS) is 21.0. The maximum atomic E-state index is 11.8. The van der Waals surface area contributed by atoms with Crippen LogP contribution in [0.3, 0.4) is 0 Å². The van der Waals surface area contributed by atoms with E-state index in [2.05, 4.69) is 27.1 Å². The molecule has 1 aromatic rings. The minimum absolute atomic E-state index is 0.124. The van der Waals surface area contributed by atoms with Gasteiger partial charge in [0.05, 0.1) is 11.7 Å². The Kier molecular flexibility index (Phi) is 4.77. The molecule has 1 N–H and O–H groups in total. The van der Waals surface area contributed by atoms with Gasteiger partial charge in [-0.15, -0.1) is 0 Å². The molecule has 6 heteroatoms. The zero-order valence-electron chi connectivity index (χ0n) is 13.2. The van der Waals surface area contributed by atoms with Gasteiger partial charge in [0.15, 0.2) is 0 Å². The number of carbonyl (C=O) groups excluding carboxylic acids is 1. The van der Waals surface area contributed by atoms with Gasteiger partial charge in [-0.3, -0.25) is 14.9 Å². The van der Waals surface area contributed by atoms with Gasteiger partial charge >= 0.3 is 6.09 Å². The third-order valence-electron chi connectivity index (χ3n) is 3.50. The summed E-state index contributed by atoms with van der Waals surface area (Å²) in [6.45, 7) is 9.44. The molecule has 0 aliphatic carbocycles. The van der Waals surface area contributed by atoms with E-state index in [0.717, 1.165) is 25.2 Å². The van der Waals surface area contributed by atoms with Gasteiger partial charge in [0, 0.05) is 37.7 Å². The van der Waals surface area contributed by atoms with Crippen LogP contribution in [0.5, 0.6) is 0 Å². The molecule has 1 aliphatic heterocycles. The molecule has 2 rings (SSSR count). The summed E-state index contributed by atoms with van der Waals surface area (Å²) in [5, 5.41) is 2.93. The number of aromatic nitrogens is 2. The van der Waals surface area contributed by atoms with E-state index in [4.69, 9.17) is 4.74 Å². The Morgan fingerprint density at radius 3 is 2.86 bits per heavy atom. The predicted octanol–water partition coefficient (Wildman–Crippen LogP) is 2.14. The van der Waals surface area contributed by atoms with Crippen LogP contribution < -0.4 is 5.32 Å². The van der Waals surface area contributed by atoms with Gasteiger partial charge in [0.25, 0.3) is 0 Å². The number of alkyl carbamates (subject to hydrolysis) is 1. The topological polar surface area (TPSA) is 67.4 Å². The van der Waals surface area contributed by atoms with Crippen LogP contribution in [0, 0.1) is 0 Å². The molecule has 0 radical (unpaired) electrons. The molecule has 0 saturated carbocycles. The lowest BCUT2D eigenvalue weighted by molar-refractivity contribution is 0.0504. The van der Waals surface area contributed by atoms with Gasteiger partial charge in [-0.05, 0) is 34.1 Å². The largest absolute Gasteiger partial charge is 0.444 e. The van der Waals surface area contributed by atoms with Crippen molar-refractivity contribution in [1.82, 2.24) is 20.2 Å². The van der Waals surface area contributed by atoms with E-state index < -0.39 is 5.60 Å². The van der Waals surface area contributed by atoms with E-state index in [1.54, 1.807) is 18.6 Å². The lowest BCUT2D eigenvalue weighted by Gasteiger charge is -2.24. The van der Waals surface area contributed by atoms with Crippen molar-refractivity contribution in [1.29, 1.82) is 0 Å². The molecule has 1 unspecified atom stereocenters. The number of nitrogens with zero attached hydrogens (tertiary/aromatic N) is 3. The molecule has 2 heterocycles. The summed E-state index contributed by atoms with van der Waals surface area (Å²) in [6, 6.07) is 0.322. The Morgan fingerprint density at radius 1 is 1.48 bits per heavy atom. The molecule has 1 amide bonds. The van der Waals surface area contributed by atoms with Gasteiger partial charge in [-0.2, -0.15) is 0 Å². The number of rotatable bonds is 3. The second kappa shape index (κ2) is 6.39. The third-order valence-corrected chi connectivity index (χ3v) is 3.50. The monoisotopic (exact) mass is 292 g/mol. The Balaban J connectivity index is 1.85. The lowest BCUT2D eigenvalue weighted by Crippen LogP contribution is -2.40. The predicted molar refractivity (Wildman–Crippen MR) is 79.8 cm³/mol. The molecule has 21 heavy (non-hydrogen) atoms. The quantitative estimate of drug-likeness (QED) is 0.924. The van der Waals surface area contributed by atoms with Gasteiger partial charge in [0.2, 0.25) is 0 Å². The fourth-order valence-corrected chi connectivity index (χ4v) is 2.44. The fourth-order valence-electron chi connectivity index (χ4n) is 2.44. The average Bonchev–Trinajstić information content (AvgIpc) is 2.85. The molecule has 2 atom stereocenters. The van der Waals surface area contributed by atoms with E-state index >= 15 is 0 Å². The Morgan fingerprint density at radius 2 is 2.24 bits per heavy atom. The van der Waals surface area contributed by atoms with Crippen LogP contribution in [-0.2, 0) is 4.74 Å². The number of likely N-dealkylation sites (tertiary alicyclic amines) is 1. The molecule has 1 aromatic heterocycles. The highest BCUT2D eigenvalue weighted by molar-refractivity contribution is 5.68. The molecule has 0 bridgehead atoms. The Hall–Kier alpha value is -1.69. The van der Waals surface area contributed by atoms with Crippen molar-refractivity contribution in [2.75, 3.05) is 13.1 Å². The second-order valence-electron chi connectivity index (χ2n) is 6.43. The van der Waals surface area contributed by atoms with E-state index in [1.165, 1.54) is 0 Å². The first kappa shape index (κ1) is 15.7. The van der Waals surface area contributed by atoms with Gasteiger partial charge in [-0.25, -0.2) is 4.79 Å². The van der Waals surface area contributed by atoms with Crippen molar-refractivity contribution in [3.8, 4) is 0 Å². The van der Waals surface area contributed by atoms with Crippen LogP contribution in [0.15, 0.2) is 18.6 Å². The van der Waals surface area contributed by atoms with Gasteiger partial charge in [-0.1, -0.05) is 0 Å². The highest BCUT2D eigenvalue weighted by Gasteiger charge is 2.29. The van der Waals surface area contributed by atoms with Crippen molar-refractivity contribution in [3.05, 3.63) is 24.3 Å². The number of nitrogens with one attached hydrogen (secondary N) is 1. The number of ether oxygens (including phenoxy) is 1. The molecule has 1 fully saturated rings. The van der Waals surface area contributed by atoms with E-state index in [0.29, 0.717) is 0 Å². The first-order chi connectivity index (χ1) is 9.85. The lowest BCUT2D eigenvalue weighted by atomic mass is 10.2. The molecule has 1 aliphatic rings. The standard InChI is InChI=1S/C15H24N4O2/c1-11(13-9-16-6-7-17-13)19-8-5-12(10-19)18-14(20)21-15(2,3)4/h6-7,9,11-12H,5,8,10H2,1-4H3,(H,18,20)/t11?,12-/m0/s1. The van der Waals surface area contributed by atoms with Crippen molar-refractivity contribution >= 4 is 6.09 Å². The zero-order valence-corrected chi connectivity index (χ0v) is 13.2. The minimum Gasteiger partial charge on any atom is -0.444 e. The van der Waals surface area contributed by atoms with Crippen molar-refractivity contribution in [2.24, 2.45) is 0 Å². The summed E-state index contributed by atoms with van der Waals surface area (Å²) < 4.78 is 5.29. The SMILES string of the molecule is CC(c1cnccn1)N1CC[C@H](NC(=O)OC(C)(C)C)C1. The zero-order chi connectivity index (χ0) is 15.5. The van der Waals surface area contributed by atoms with E-state index in [9.17, 15) is 4.79 Å². The smallest absolute Gasteiger partial charge is 0.407 e. The highest BCUT2D eigenvalue weighted by atomic mass is 16.6. The third kappa shape index (κ3) is 4.67. The van der Waals surface area contributed by atoms with Crippen LogP contribution in [0.4, 0.5) is 4.79 Å². The van der Waals surface area contributed by atoms with Gasteiger partial charge < -0.3 is 10.1 Å². The Labute approximate surface area is 125 Å². The molecule has 0 spiro atoms. The number of hydrogen-bond acceptors (Lipinski definition) is 5. The Bertz CT molecular complexity index is 472. The van der Waals surface area contributed by atoms with Gasteiger partial charge in [0.1, 0.15) is 5.60 Å². The van der Waals surface area contributed by atoms with E-state index in [1.807, 2.05) is 20.8 Å². The molecular formula is C15H24N4O2. The van der Waals surface area contributed by atoms with Crippen molar-refractivity contribution in [3.63, 3.8) is 0 Å². The number of carbonyl (C=O) groups is 1. The molecule has 0 aromatic carbocycles. The molecular weight excluding hydrogens is 268 g/mol. The second-order valence-corrected chi connectivity index (χ2v) is 6.43. The fraction of sp³-hybridized carbons (Fsp3) is 0.667. The maximum absolute atomic E-state index is 11.8. The van der Waals surface area contributed by atoms with Crippen LogP contribution in [0.2, 0.25) is 0 Å². The maximum Gasteiger partial charge on any atom is 0.407 e. The summed E-state index contributed by atoms with van der Waals surface area (Å²) >= 11 is 0. The molecule has 6 nitrogen and oxygen atoms in total. The first-order valence-electron chi connectivity index (χ1n) is 7.34.